The van der Waals surface area contributed by atoms with Crippen molar-refractivity contribution in [2.75, 3.05) is 0 Å². The third-order valence-electron chi connectivity index (χ3n) is 3.16. The Balaban J connectivity index is 1.95. The van der Waals surface area contributed by atoms with Crippen molar-refractivity contribution in [2.24, 2.45) is 0 Å². The fourth-order valence-corrected chi connectivity index (χ4v) is 1.95. The largest absolute Gasteiger partial charge is 0.337 e. The summed E-state index contributed by atoms with van der Waals surface area (Å²) in [5, 5.41) is 9.63. The third kappa shape index (κ3) is 2.12. The minimum absolute atomic E-state index is 0.0626. The summed E-state index contributed by atoms with van der Waals surface area (Å²) in [6.45, 7) is 6.09. The van der Waals surface area contributed by atoms with E-state index in [2.05, 4.69) is 15.2 Å². The second-order valence-corrected chi connectivity index (χ2v) is 4.99. The normalized spacial score (nSPS) is 13.3. The highest BCUT2D eigenvalue weighted by Crippen LogP contribution is 2.20. The summed E-state index contributed by atoms with van der Waals surface area (Å²) < 4.78 is 7.18. The molecule has 0 radical (unpaired) electrons. The Bertz CT molecular complexity index is 665. The van der Waals surface area contributed by atoms with Crippen molar-refractivity contribution < 1.29 is 4.52 Å². The average Bonchev–Trinajstić information content (AvgIpc) is 3.04. The fraction of sp³-hybridized carbons (Fsp3) is 0.357. The van der Waals surface area contributed by atoms with Gasteiger partial charge in [-0.05, 0) is 13.0 Å². The monoisotopic (exact) mass is 256 g/mol. The van der Waals surface area contributed by atoms with Crippen molar-refractivity contribution in [3.05, 3.63) is 42.2 Å². The maximum atomic E-state index is 5.32. The average molecular weight is 256 g/mol. The number of rotatable bonds is 3. The van der Waals surface area contributed by atoms with Gasteiger partial charge in [-0.25, -0.2) is 0 Å². The summed E-state index contributed by atoms with van der Waals surface area (Å²) in [6, 6.07) is 7.95. The molecule has 1 unspecified atom stereocenters. The Morgan fingerprint density at radius 3 is 2.63 bits per heavy atom. The molecule has 0 amide bonds. The summed E-state index contributed by atoms with van der Waals surface area (Å²) in [6.07, 6.45) is 2.00. The van der Waals surface area contributed by atoms with E-state index < -0.39 is 0 Å². The predicted molar refractivity (Wildman–Crippen MR) is 71.9 cm³/mol. The molecule has 2 aromatic heterocycles. The van der Waals surface area contributed by atoms with E-state index in [4.69, 9.17) is 4.52 Å². The molecule has 0 fully saturated rings. The quantitative estimate of drug-likeness (QED) is 0.722. The van der Waals surface area contributed by atoms with Gasteiger partial charge in [0.25, 0.3) is 5.89 Å². The van der Waals surface area contributed by atoms with Crippen molar-refractivity contribution in [2.45, 2.75) is 32.7 Å². The minimum Gasteiger partial charge on any atom is -0.337 e. The number of fused-ring (bicyclic) bond motifs is 1. The van der Waals surface area contributed by atoms with Gasteiger partial charge < -0.3 is 4.52 Å². The Morgan fingerprint density at radius 2 is 1.95 bits per heavy atom. The van der Waals surface area contributed by atoms with Crippen LogP contribution in [0.5, 0.6) is 0 Å². The standard InChI is InChI=1S/C14H16N4O/c1-9(2)13-15-14(19-17-13)10(3)18-8-11-6-4-5-7-12(11)16-18/h4-10H,1-3H3. The van der Waals surface area contributed by atoms with Crippen LogP contribution in [-0.2, 0) is 0 Å². The van der Waals surface area contributed by atoms with E-state index in [1.807, 2.05) is 55.9 Å². The lowest BCUT2D eigenvalue weighted by molar-refractivity contribution is 0.333. The smallest absolute Gasteiger partial charge is 0.251 e. The molecule has 5 heteroatoms. The molecule has 0 aliphatic rings. The number of benzene rings is 1. The zero-order valence-corrected chi connectivity index (χ0v) is 11.2. The van der Waals surface area contributed by atoms with Gasteiger partial charge in [0.05, 0.1) is 5.52 Å². The Kier molecular flexibility index (Phi) is 2.81. The Morgan fingerprint density at radius 1 is 1.16 bits per heavy atom. The second-order valence-electron chi connectivity index (χ2n) is 4.99. The highest BCUT2D eigenvalue weighted by molar-refractivity contribution is 5.77. The van der Waals surface area contributed by atoms with Crippen LogP contribution in [0.1, 0.15) is 44.4 Å². The molecular formula is C14H16N4O. The van der Waals surface area contributed by atoms with Gasteiger partial charge in [-0.15, -0.1) is 0 Å². The first-order chi connectivity index (χ1) is 9.15. The first kappa shape index (κ1) is 11.9. The molecule has 5 nitrogen and oxygen atoms in total. The predicted octanol–water partition coefficient (Wildman–Crippen LogP) is 3.15. The van der Waals surface area contributed by atoms with E-state index in [9.17, 15) is 0 Å². The number of hydrogen-bond donors (Lipinski definition) is 0. The Hall–Kier alpha value is -2.17. The molecular weight excluding hydrogens is 240 g/mol. The fourth-order valence-electron chi connectivity index (χ4n) is 1.95. The van der Waals surface area contributed by atoms with Crippen molar-refractivity contribution in [3.8, 4) is 0 Å². The molecule has 0 bridgehead atoms. The van der Waals surface area contributed by atoms with E-state index in [0.717, 1.165) is 16.7 Å². The molecule has 3 rings (SSSR count). The summed E-state index contributed by atoms with van der Waals surface area (Å²) in [4.78, 5) is 4.42. The molecule has 0 saturated carbocycles. The zero-order valence-electron chi connectivity index (χ0n) is 11.2. The molecule has 0 N–H and O–H groups in total. The van der Waals surface area contributed by atoms with Crippen LogP contribution in [0.2, 0.25) is 0 Å². The molecule has 1 atom stereocenters. The lowest BCUT2D eigenvalue weighted by Crippen LogP contribution is -2.07. The van der Waals surface area contributed by atoms with Crippen molar-refractivity contribution in [1.29, 1.82) is 0 Å². The number of aromatic nitrogens is 4. The van der Waals surface area contributed by atoms with E-state index in [1.54, 1.807) is 0 Å². The van der Waals surface area contributed by atoms with Gasteiger partial charge >= 0.3 is 0 Å². The molecule has 98 valence electrons. The van der Waals surface area contributed by atoms with E-state index in [0.29, 0.717) is 5.89 Å². The van der Waals surface area contributed by atoms with Gasteiger partial charge in [0, 0.05) is 17.5 Å². The van der Waals surface area contributed by atoms with Crippen LogP contribution in [0.3, 0.4) is 0 Å². The van der Waals surface area contributed by atoms with Crippen LogP contribution >= 0.6 is 0 Å². The first-order valence-electron chi connectivity index (χ1n) is 6.42. The van der Waals surface area contributed by atoms with Gasteiger partial charge in [-0.1, -0.05) is 37.2 Å². The molecule has 1 aromatic carbocycles. The molecule has 0 spiro atoms. The van der Waals surface area contributed by atoms with Crippen LogP contribution in [-0.4, -0.2) is 19.9 Å². The molecule has 0 saturated heterocycles. The number of nitrogens with zero attached hydrogens (tertiary/aromatic N) is 4. The van der Waals surface area contributed by atoms with Gasteiger partial charge in [-0.3, -0.25) is 4.68 Å². The van der Waals surface area contributed by atoms with Crippen LogP contribution in [0.25, 0.3) is 10.9 Å². The SMILES string of the molecule is CC(C)c1noc(C(C)n2cc3ccccc3n2)n1. The summed E-state index contributed by atoms with van der Waals surface area (Å²) in [7, 11) is 0. The number of hydrogen-bond acceptors (Lipinski definition) is 4. The van der Waals surface area contributed by atoms with Gasteiger partial charge in [0.2, 0.25) is 0 Å². The summed E-state index contributed by atoms with van der Waals surface area (Å²) >= 11 is 0. The van der Waals surface area contributed by atoms with Crippen LogP contribution in [0, 0.1) is 0 Å². The highest BCUT2D eigenvalue weighted by atomic mass is 16.5. The highest BCUT2D eigenvalue weighted by Gasteiger charge is 2.18. The molecule has 3 aromatic rings. The van der Waals surface area contributed by atoms with Gasteiger partial charge in [-0.2, -0.15) is 10.1 Å². The van der Waals surface area contributed by atoms with Crippen molar-refractivity contribution in [1.82, 2.24) is 19.9 Å². The van der Waals surface area contributed by atoms with Gasteiger partial charge in [0.15, 0.2) is 5.82 Å². The van der Waals surface area contributed by atoms with Crippen molar-refractivity contribution in [3.63, 3.8) is 0 Å². The molecule has 0 aliphatic heterocycles. The van der Waals surface area contributed by atoms with E-state index in [1.165, 1.54) is 0 Å². The lowest BCUT2D eigenvalue weighted by Gasteiger charge is -2.05. The van der Waals surface area contributed by atoms with Gasteiger partial charge in [0.1, 0.15) is 6.04 Å². The third-order valence-corrected chi connectivity index (χ3v) is 3.16. The van der Waals surface area contributed by atoms with Crippen LogP contribution in [0.15, 0.2) is 35.0 Å². The van der Waals surface area contributed by atoms with Crippen LogP contribution in [0.4, 0.5) is 0 Å². The molecule has 0 aliphatic carbocycles. The molecule has 19 heavy (non-hydrogen) atoms. The maximum Gasteiger partial charge on any atom is 0.251 e. The van der Waals surface area contributed by atoms with E-state index in [-0.39, 0.29) is 12.0 Å². The second kappa shape index (κ2) is 4.50. The summed E-state index contributed by atoms with van der Waals surface area (Å²) in [5.41, 5.74) is 0.970. The summed E-state index contributed by atoms with van der Waals surface area (Å²) in [5.74, 6) is 1.59. The van der Waals surface area contributed by atoms with Crippen LogP contribution < -0.4 is 0 Å². The zero-order chi connectivity index (χ0) is 13.4. The Labute approximate surface area is 111 Å². The first-order valence-corrected chi connectivity index (χ1v) is 6.42. The minimum atomic E-state index is -0.0626. The van der Waals surface area contributed by atoms with E-state index >= 15 is 0 Å². The van der Waals surface area contributed by atoms with Crippen molar-refractivity contribution >= 4 is 10.9 Å². The maximum absolute atomic E-state index is 5.32. The molecule has 2 heterocycles. The topological polar surface area (TPSA) is 56.7 Å². The lowest BCUT2D eigenvalue weighted by atomic mass is 10.2.